The van der Waals surface area contributed by atoms with Gasteiger partial charge in [0.05, 0.1) is 23.5 Å². The molecule has 4 nitrogen and oxygen atoms in total. The molecule has 4 heteroatoms. The minimum absolute atomic E-state index is 0.0709. The van der Waals surface area contributed by atoms with Gasteiger partial charge in [-0.1, -0.05) is 55.5 Å². The van der Waals surface area contributed by atoms with Crippen molar-refractivity contribution in [3.63, 3.8) is 0 Å². The van der Waals surface area contributed by atoms with E-state index in [-0.39, 0.29) is 11.9 Å². The smallest absolute Gasteiger partial charge is 0.253 e. The van der Waals surface area contributed by atoms with Crippen molar-refractivity contribution < 1.29 is 4.79 Å². The van der Waals surface area contributed by atoms with Crippen LogP contribution in [0.25, 0.3) is 0 Å². The average molecular weight is 359 g/mol. The number of para-hydroxylation sites is 1. The molecule has 3 rings (SSSR count). The van der Waals surface area contributed by atoms with Crippen molar-refractivity contribution in [3.05, 3.63) is 89.2 Å². The third kappa shape index (κ3) is 4.53. The van der Waals surface area contributed by atoms with Crippen LogP contribution < -0.4 is 10.6 Å². The molecule has 1 aromatic heterocycles. The van der Waals surface area contributed by atoms with Gasteiger partial charge < -0.3 is 10.6 Å². The number of amides is 1. The Morgan fingerprint density at radius 2 is 1.85 bits per heavy atom. The Labute approximate surface area is 160 Å². The van der Waals surface area contributed by atoms with Crippen molar-refractivity contribution in [2.24, 2.45) is 0 Å². The van der Waals surface area contributed by atoms with E-state index in [1.54, 1.807) is 12.4 Å². The predicted molar refractivity (Wildman–Crippen MR) is 110 cm³/mol. The summed E-state index contributed by atoms with van der Waals surface area (Å²) in [6, 6.07) is 17.9. The molecule has 0 aliphatic rings. The number of aryl methyl sites for hydroxylation is 2. The predicted octanol–water partition coefficient (Wildman–Crippen LogP) is 5.19. The van der Waals surface area contributed by atoms with E-state index in [4.69, 9.17) is 0 Å². The van der Waals surface area contributed by atoms with E-state index in [9.17, 15) is 4.79 Å². The fraction of sp³-hybridized carbons (Fsp3) is 0.217. The van der Waals surface area contributed by atoms with Gasteiger partial charge in [-0.2, -0.15) is 0 Å². The van der Waals surface area contributed by atoms with Crippen LogP contribution in [-0.4, -0.2) is 10.9 Å². The average Bonchev–Trinajstić information content (AvgIpc) is 2.70. The summed E-state index contributed by atoms with van der Waals surface area (Å²) in [5.41, 5.74) is 5.90. The van der Waals surface area contributed by atoms with Crippen LogP contribution in [0.3, 0.4) is 0 Å². The molecule has 2 aromatic carbocycles. The maximum atomic E-state index is 12.6. The van der Waals surface area contributed by atoms with Crippen LogP contribution in [0.5, 0.6) is 0 Å². The molecule has 0 aliphatic heterocycles. The highest BCUT2D eigenvalue weighted by Crippen LogP contribution is 2.25. The van der Waals surface area contributed by atoms with Gasteiger partial charge in [0.25, 0.3) is 5.91 Å². The quantitative estimate of drug-likeness (QED) is 0.637. The van der Waals surface area contributed by atoms with E-state index < -0.39 is 0 Å². The van der Waals surface area contributed by atoms with Crippen LogP contribution in [0.2, 0.25) is 0 Å². The number of hydrogen-bond acceptors (Lipinski definition) is 3. The maximum Gasteiger partial charge on any atom is 0.253 e. The van der Waals surface area contributed by atoms with E-state index in [0.717, 1.165) is 23.4 Å². The molecule has 0 fully saturated rings. The van der Waals surface area contributed by atoms with Crippen molar-refractivity contribution in [1.82, 2.24) is 10.3 Å². The minimum atomic E-state index is -0.136. The van der Waals surface area contributed by atoms with E-state index in [1.165, 1.54) is 11.1 Å². The summed E-state index contributed by atoms with van der Waals surface area (Å²) in [5.74, 6) is -0.136. The molecule has 2 N–H and O–H groups in total. The summed E-state index contributed by atoms with van der Waals surface area (Å²) in [5, 5.41) is 6.46. The van der Waals surface area contributed by atoms with E-state index in [0.29, 0.717) is 5.56 Å². The monoisotopic (exact) mass is 359 g/mol. The molecule has 0 bridgehead atoms. The largest absolute Gasteiger partial charge is 0.354 e. The second-order valence-corrected chi connectivity index (χ2v) is 6.66. The van der Waals surface area contributed by atoms with Gasteiger partial charge in [0.1, 0.15) is 0 Å². The summed E-state index contributed by atoms with van der Waals surface area (Å²) < 4.78 is 0. The number of aromatic nitrogens is 1. The highest BCUT2D eigenvalue weighted by atomic mass is 16.1. The molecule has 0 radical (unpaired) electrons. The Bertz CT molecular complexity index is 922. The number of benzene rings is 2. The fourth-order valence-electron chi connectivity index (χ4n) is 3.08. The number of nitrogens with one attached hydrogen (secondary N) is 2. The molecular weight excluding hydrogens is 334 g/mol. The summed E-state index contributed by atoms with van der Waals surface area (Å²) in [7, 11) is 0. The second kappa shape index (κ2) is 8.49. The lowest BCUT2D eigenvalue weighted by atomic mass is 10.1. The number of nitrogens with zero attached hydrogens (tertiary/aromatic N) is 1. The van der Waals surface area contributed by atoms with Crippen LogP contribution >= 0.6 is 0 Å². The lowest BCUT2D eigenvalue weighted by Crippen LogP contribution is -2.26. The summed E-state index contributed by atoms with van der Waals surface area (Å²) in [6.07, 6.45) is 4.27. The fourth-order valence-corrected chi connectivity index (χ4v) is 3.08. The molecule has 138 valence electrons. The van der Waals surface area contributed by atoms with Gasteiger partial charge in [0.2, 0.25) is 0 Å². The number of anilines is 2. The van der Waals surface area contributed by atoms with Gasteiger partial charge in [0, 0.05) is 11.9 Å². The molecule has 0 saturated carbocycles. The first kappa shape index (κ1) is 18.6. The molecule has 0 saturated heterocycles. The van der Waals surface area contributed by atoms with Crippen LogP contribution in [0.1, 0.15) is 46.9 Å². The number of carbonyl (C=O) groups excluding carboxylic acids is 1. The number of pyridine rings is 1. The number of carbonyl (C=O) groups is 1. The molecule has 0 aliphatic carbocycles. The van der Waals surface area contributed by atoms with Crippen molar-refractivity contribution in [2.75, 3.05) is 5.32 Å². The molecule has 3 aromatic rings. The third-order valence-corrected chi connectivity index (χ3v) is 4.66. The Morgan fingerprint density at radius 1 is 1.07 bits per heavy atom. The summed E-state index contributed by atoms with van der Waals surface area (Å²) in [6.45, 7) is 6.18. The van der Waals surface area contributed by atoms with Crippen LogP contribution in [0.4, 0.5) is 11.4 Å². The zero-order chi connectivity index (χ0) is 19.2. The van der Waals surface area contributed by atoms with Crippen molar-refractivity contribution in [1.29, 1.82) is 0 Å². The first-order valence-corrected chi connectivity index (χ1v) is 9.25. The van der Waals surface area contributed by atoms with E-state index in [1.807, 2.05) is 43.3 Å². The highest BCUT2D eigenvalue weighted by Gasteiger charge is 2.13. The van der Waals surface area contributed by atoms with Gasteiger partial charge in [-0.15, -0.1) is 0 Å². The van der Waals surface area contributed by atoms with Gasteiger partial charge >= 0.3 is 0 Å². The molecule has 1 atom stereocenters. The zero-order valence-electron chi connectivity index (χ0n) is 16.0. The highest BCUT2D eigenvalue weighted by molar-refractivity contribution is 5.95. The molecule has 1 unspecified atom stereocenters. The Kier molecular flexibility index (Phi) is 5.87. The van der Waals surface area contributed by atoms with Gasteiger partial charge in [-0.25, -0.2) is 0 Å². The van der Waals surface area contributed by atoms with Crippen molar-refractivity contribution in [3.8, 4) is 0 Å². The first-order chi connectivity index (χ1) is 13.1. The number of rotatable bonds is 6. The third-order valence-electron chi connectivity index (χ3n) is 4.66. The number of hydrogen-bond donors (Lipinski definition) is 2. The summed E-state index contributed by atoms with van der Waals surface area (Å²) >= 11 is 0. The molecule has 0 spiro atoms. The van der Waals surface area contributed by atoms with Crippen LogP contribution in [0.15, 0.2) is 67.0 Å². The van der Waals surface area contributed by atoms with Crippen molar-refractivity contribution >= 4 is 17.3 Å². The molecule has 1 amide bonds. The first-order valence-electron chi connectivity index (χ1n) is 9.25. The Balaban J connectivity index is 1.77. The summed E-state index contributed by atoms with van der Waals surface area (Å²) in [4.78, 5) is 16.9. The molecular formula is C23H25N3O. The van der Waals surface area contributed by atoms with Gasteiger partial charge in [0.15, 0.2) is 0 Å². The minimum Gasteiger partial charge on any atom is -0.354 e. The van der Waals surface area contributed by atoms with Crippen LogP contribution in [-0.2, 0) is 6.42 Å². The normalized spacial score (nSPS) is 11.7. The van der Waals surface area contributed by atoms with Gasteiger partial charge in [-0.3, -0.25) is 9.78 Å². The van der Waals surface area contributed by atoms with E-state index in [2.05, 4.69) is 47.7 Å². The maximum absolute atomic E-state index is 12.6. The lowest BCUT2D eigenvalue weighted by molar-refractivity contribution is 0.0939. The second-order valence-electron chi connectivity index (χ2n) is 6.66. The standard InChI is InChI=1S/C23H25N3O/c1-4-18-12-8-9-16(2)22(18)26-21-13-20(14-24-15-21)23(27)25-17(3)19-10-6-5-7-11-19/h5-15,17,26H,4H2,1-3H3,(H,25,27). The zero-order valence-corrected chi connectivity index (χ0v) is 16.0. The van der Waals surface area contributed by atoms with Crippen LogP contribution in [0, 0.1) is 6.92 Å². The molecule has 27 heavy (non-hydrogen) atoms. The molecule has 1 heterocycles. The topological polar surface area (TPSA) is 54.0 Å². The SMILES string of the molecule is CCc1cccc(C)c1Nc1cncc(C(=O)NC(C)c2ccccc2)c1. The van der Waals surface area contributed by atoms with Gasteiger partial charge in [-0.05, 0) is 43.0 Å². The Hall–Kier alpha value is -3.14. The Morgan fingerprint density at radius 3 is 2.59 bits per heavy atom. The van der Waals surface area contributed by atoms with Crippen molar-refractivity contribution in [2.45, 2.75) is 33.2 Å². The lowest BCUT2D eigenvalue weighted by Gasteiger charge is -2.16. The van der Waals surface area contributed by atoms with E-state index >= 15 is 0 Å².